The van der Waals surface area contributed by atoms with E-state index in [9.17, 15) is 4.79 Å². The van der Waals surface area contributed by atoms with E-state index < -0.39 is 5.60 Å². The average molecular weight is 347 g/mol. The molecule has 0 aliphatic heterocycles. The van der Waals surface area contributed by atoms with Crippen LogP contribution >= 0.6 is 11.6 Å². The summed E-state index contributed by atoms with van der Waals surface area (Å²) >= 11 is 6.11. The van der Waals surface area contributed by atoms with Gasteiger partial charge in [0.25, 0.3) is 0 Å². The minimum atomic E-state index is -0.455. The highest BCUT2D eigenvalue weighted by molar-refractivity contribution is 6.30. The van der Waals surface area contributed by atoms with Crippen LogP contribution in [-0.2, 0) is 16.0 Å². The van der Waals surface area contributed by atoms with Crippen molar-refractivity contribution >= 4 is 17.6 Å². The number of aryl methyl sites for hydroxylation is 1. The number of nitrogens with zero attached hydrogens (tertiary/aromatic N) is 2. The largest absolute Gasteiger partial charge is 0.460 e. The Balaban J connectivity index is 1.80. The number of carbonyl (C=O) groups is 1. The van der Waals surface area contributed by atoms with Gasteiger partial charge in [0.2, 0.25) is 0 Å². The first kappa shape index (κ1) is 17.0. The van der Waals surface area contributed by atoms with Crippen LogP contribution in [0.25, 0.3) is 5.69 Å². The molecular formula is C19H23ClN2O2. The number of benzene rings is 1. The summed E-state index contributed by atoms with van der Waals surface area (Å²) in [6.45, 7) is 5.64. The molecule has 4 nitrogen and oxygen atoms in total. The molecule has 0 atom stereocenters. The molecule has 1 aliphatic carbocycles. The van der Waals surface area contributed by atoms with Crippen molar-refractivity contribution in [2.45, 2.75) is 58.0 Å². The van der Waals surface area contributed by atoms with Crippen molar-refractivity contribution < 1.29 is 9.53 Å². The van der Waals surface area contributed by atoms with Crippen LogP contribution in [0.15, 0.2) is 30.3 Å². The van der Waals surface area contributed by atoms with Gasteiger partial charge in [0.05, 0.1) is 17.8 Å². The first-order chi connectivity index (χ1) is 11.3. The molecular weight excluding hydrogens is 324 g/mol. The molecule has 1 aliphatic rings. The molecule has 0 N–H and O–H groups in total. The Bertz CT molecular complexity index is 742. The van der Waals surface area contributed by atoms with Crippen molar-refractivity contribution in [3.05, 3.63) is 46.7 Å². The topological polar surface area (TPSA) is 44.1 Å². The molecule has 2 aromatic rings. The maximum Gasteiger partial charge on any atom is 0.306 e. The van der Waals surface area contributed by atoms with Gasteiger partial charge in [-0.2, -0.15) is 5.10 Å². The first-order valence-corrected chi connectivity index (χ1v) is 8.76. The van der Waals surface area contributed by atoms with Crippen LogP contribution in [-0.4, -0.2) is 21.4 Å². The van der Waals surface area contributed by atoms with Gasteiger partial charge in [-0.1, -0.05) is 17.7 Å². The molecule has 0 unspecified atom stereocenters. The highest BCUT2D eigenvalue weighted by Crippen LogP contribution is 2.40. The molecule has 1 aromatic heterocycles. The van der Waals surface area contributed by atoms with Crippen molar-refractivity contribution in [3.63, 3.8) is 0 Å². The number of carbonyl (C=O) groups excluding carboxylic acids is 1. The van der Waals surface area contributed by atoms with Gasteiger partial charge in [0, 0.05) is 23.1 Å². The fraction of sp³-hybridized carbons (Fsp3) is 0.474. The van der Waals surface area contributed by atoms with Gasteiger partial charge in [-0.05, 0) is 57.9 Å². The summed E-state index contributed by atoms with van der Waals surface area (Å²) in [7, 11) is 0. The Kier molecular flexibility index (Phi) is 4.68. The van der Waals surface area contributed by atoms with E-state index in [1.54, 1.807) is 0 Å². The van der Waals surface area contributed by atoms with Crippen molar-refractivity contribution in [2.75, 3.05) is 0 Å². The molecule has 0 amide bonds. The normalized spacial score (nSPS) is 14.7. The quantitative estimate of drug-likeness (QED) is 0.738. The molecule has 128 valence electrons. The van der Waals surface area contributed by atoms with Crippen LogP contribution in [0.1, 0.15) is 57.3 Å². The Morgan fingerprint density at radius 1 is 1.33 bits per heavy atom. The second kappa shape index (κ2) is 6.60. The van der Waals surface area contributed by atoms with E-state index in [2.05, 4.69) is 6.07 Å². The molecule has 3 rings (SSSR count). The zero-order chi connectivity index (χ0) is 17.3. The van der Waals surface area contributed by atoms with Gasteiger partial charge in [-0.3, -0.25) is 4.79 Å². The third-order valence-corrected chi connectivity index (χ3v) is 4.09. The van der Waals surface area contributed by atoms with E-state index >= 15 is 0 Å². The Labute approximate surface area is 147 Å². The van der Waals surface area contributed by atoms with Gasteiger partial charge in [-0.25, -0.2) is 4.68 Å². The van der Waals surface area contributed by atoms with Crippen LogP contribution < -0.4 is 0 Å². The summed E-state index contributed by atoms with van der Waals surface area (Å²) in [5.74, 6) is 0.375. The predicted molar refractivity (Wildman–Crippen MR) is 94.7 cm³/mol. The Morgan fingerprint density at radius 2 is 2.08 bits per heavy atom. The van der Waals surface area contributed by atoms with Crippen LogP contribution in [0.5, 0.6) is 0 Å². The molecule has 0 spiro atoms. The Hall–Kier alpha value is -1.81. The fourth-order valence-corrected chi connectivity index (χ4v) is 2.84. The molecule has 0 bridgehead atoms. The van der Waals surface area contributed by atoms with Gasteiger partial charge in [0.15, 0.2) is 0 Å². The van der Waals surface area contributed by atoms with Crippen LogP contribution in [0.3, 0.4) is 0 Å². The summed E-state index contributed by atoms with van der Waals surface area (Å²) in [6, 6.07) is 9.74. The van der Waals surface area contributed by atoms with Gasteiger partial charge in [0.1, 0.15) is 5.60 Å². The summed E-state index contributed by atoms with van der Waals surface area (Å²) in [5, 5.41) is 5.42. The second-order valence-corrected chi connectivity index (χ2v) is 7.75. The summed E-state index contributed by atoms with van der Waals surface area (Å²) < 4.78 is 7.31. The molecule has 1 aromatic carbocycles. The zero-order valence-electron chi connectivity index (χ0n) is 14.4. The molecule has 1 heterocycles. The number of hydrogen-bond acceptors (Lipinski definition) is 3. The van der Waals surface area contributed by atoms with E-state index in [1.807, 2.05) is 49.7 Å². The van der Waals surface area contributed by atoms with E-state index in [0.717, 1.165) is 17.1 Å². The Morgan fingerprint density at radius 3 is 2.71 bits per heavy atom. The monoisotopic (exact) mass is 346 g/mol. The zero-order valence-corrected chi connectivity index (χ0v) is 15.1. The lowest BCUT2D eigenvalue weighted by atomic mass is 10.1. The maximum absolute atomic E-state index is 12.0. The average Bonchev–Trinajstić information content (AvgIpc) is 3.23. The SMILES string of the molecule is CC(C)(C)OC(=O)CCc1cc(C2CC2)nn1-c1cccc(Cl)c1. The predicted octanol–water partition coefficient (Wildman–Crippen LogP) is 4.68. The smallest absolute Gasteiger partial charge is 0.306 e. The van der Waals surface area contributed by atoms with E-state index in [4.69, 9.17) is 21.4 Å². The minimum absolute atomic E-state index is 0.186. The van der Waals surface area contributed by atoms with Gasteiger partial charge in [-0.15, -0.1) is 0 Å². The third-order valence-electron chi connectivity index (χ3n) is 3.86. The van der Waals surface area contributed by atoms with E-state index in [-0.39, 0.29) is 5.97 Å². The van der Waals surface area contributed by atoms with E-state index in [1.165, 1.54) is 12.8 Å². The van der Waals surface area contributed by atoms with Gasteiger partial charge >= 0.3 is 5.97 Å². The standard InChI is InChI=1S/C19H23ClN2O2/c1-19(2,3)24-18(23)10-9-16-12-17(13-7-8-13)21-22(16)15-6-4-5-14(20)11-15/h4-6,11-13H,7-10H2,1-3H3. The first-order valence-electron chi connectivity index (χ1n) is 8.38. The van der Waals surface area contributed by atoms with Crippen LogP contribution in [0.2, 0.25) is 5.02 Å². The number of halogens is 1. The van der Waals surface area contributed by atoms with Crippen molar-refractivity contribution in [1.82, 2.24) is 9.78 Å². The van der Waals surface area contributed by atoms with Crippen molar-refractivity contribution in [1.29, 1.82) is 0 Å². The lowest BCUT2D eigenvalue weighted by Gasteiger charge is -2.19. The maximum atomic E-state index is 12.0. The third kappa shape index (κ3) is 4.38. The molecule has 0 radical (unpaired) electrons. The van der Waals surface area contributed by atoms with Crippen LogP contribution in [0.4, 0.5) is 0 Å². The molecule has 5 heteroatoms. The molecule has 1 fully saturated rings. The summed E-state index contributed by atoms with van der Waals surface area (Å²) in [4.78, 5) is 12.0. The molecule has 1 saturated carbocycles. The number of rotatable bonds is 5. The lowest BCUT2D eigenvalue weighted by Crippen LogP contribution is -2.24. The molecule has 24 heavy (non-hydrogen) atoms. The minimum Gasteiger partial charge on any atom is -0.460 e. The molecule has 0 saturated heterocycles. The fourth-order valence-electron chi connectivity index (χ4n) is 2.65. The summed E-state index contributed by atoms with van der Waals surface area (Å²) in [5.41, 5.74) is 2.59. The number of esters is 1. The lowest BCUT2D eigenvalue weighted by molar-refractivity contribution is -0.154. The highest BCUT2D eigenvalue weighted by Gasteiger charge is 2.28. The number of aromatic nitrogens is 2. The summed E-state index contributed by atoms with van der Waals surface area (Å²) in [6.07, 6.45) is 3.32. The highest BCUT2D eigenvalue weighted by atomic mass is 35.5. The van der Waals surface area contributed by atoms with E-state index in [0.29, 0.717) is 23.8 Å². The number of ether oxygens (including phenoxy) is 1. The van der Waals surface area contributed by atoms with Crippen LogP contribution in [0, 0.1) is 0 Å². The van der Waals surface area contributed by atoms with Crippen molar-refractivity contribution in [2.24, 2.45) is 0 Å². The second-order valence-electron chi connectivity index (χ2n) is 7.31. The van der Waals surface area contributed by atoms with Crippen molar-refractivity contribution in [3.8, 4) is 5.69 Å². The van der Waals surface area contributed by atoms with Gasteiger partial charge < -0.3 is 4.74 Å². The number of hydrogen-bond donors (Lipinski definition) is 0.